The fourth-order valence-corrected chi connectivity index (χ4v) is 4.27. The van der Waals surface area contributed by atoms with E-state index < -0.39 is 24.6 Å². The molecule has 3 aromatic rings. The molecule has 2 aliphatic rings. The predicted molar refractivity (Wildman–Crippen MR) is 113 cm³/mol. The Balaban J connectivity index is 1.34. The maximum Gasteiger partial charge on any atom is 0.184 e. The van der Waals surface area contributed by atoms with Gasteiger partial charge in [-0.1, -0.05) is 66.7 Å². The average molecular weight is 406 g/mol. The number of fused-ring (bicyclic) bond motifs is 2. The van der Waals surface area contributed by atoms with Crippen molar-refractivity contribution in [2.24, 2.45) is 0 Å². The van der Waals surface area contributed by atoms with Crippen molar-refractivity contribution in [3.63, 3.8) is 0 Å². The first kappa shape index (κ1) is 19.7. The first-order valence-electron chi connectivity index (χ1n) is 10.4. The van der Waals surface area contributed by atoms with Crippen LogP contribution < -0.4 is 0 Å². The van der Waals surface area contributed by atoms with Gasteiger partial charge in [0.15, 0.2) is 6.29 Å². The van der Waals surface area contributed by atoms with Gasteiger partial charge in [-0.05, 0) is 29.3 Å². The monoisotopic (exact) mass is 406 g/mol. The molecule has 2 fully saturated rings. The molecule has 5 heteroatoms. The van der Waals surface area contributed by atoms with E-state index in [0.717, 1.165) is 11.1 Å². The molecule has 0 saturated carbocycles. The molecule has 0 aromatic heterocycles. The zero-order chi connectivity index (χ0) is 20.5. The maximum absolute atomic E-state index is 10.8. The van der Waals surface area contributed by atoms with Crippen molar-refractivity contribution < 1.29 is 24.1 Å². The van der Waals surface area contributed by atoms with E-state index in [2.05, 4.69) is 30.3 Å². The highest BCUT2D eigenvalue weighted by Gasteiger charge is 2.48. The summed E-state index contributed by atoms with van der Waals surface area (Å²) in [5.74, 6) is 0. The van der Waals surface area contributed by atoms with Gasteiger partial charge in [0.2, 0.25) is 0 Å². The Labute approximate surface area is 176 Å². The lowest BCUT2D eigenvalue weighted by molar-refractivity contribution is -0.333. The van der Waals surface area contributed by atoms with Crippen LogP contribution in [0.4, 0.5) is 0 Å². The van der Waals surface area contributed by atoms with Gasteiger partial charge in [0, 0.05) is 5.56 Å². The Morgan fingerprint density at radius 1 is 0.933 bits per heavy atom. The normalized spacial score (nSPS) is 31.4. The average Bonchev–Trinajstić information content (AvgIpc) is 2.79. The van der Waals surface area contributed by atoms with E-state index in [-0.39, 0.29) is 12.2 Å². The number of hydrogen-bond donors (Lipinski definition) is 1. The SMILES string of the molecule is CC1OC2COC(c3ccccc3)OC2C(OCc2ccc3ccccc3c2)C1O. The summed E-state index contributed by atoms with van der Waals surface area (Å²) >= 11 is 0. The van der Waals surface area contributed by atoms with Gasteiger partial charge >= 0.3 is 0 Å². The minimum absolute atomic E-state index is 0.273. The van der Waals surface area contributed by atoms with E-state index in [1.54, 1.807) is 0 Å². The zero-order valence-electron chi connectivity index (χ0n) is 16.9. The number of aliphatic hydroxyl groups is 1. The van der Waals surface area contributed by atoms with Gasteiger partial charge in [-0.25, -0.2) is 0 Å². The van der Waals surface area contributed by atoms with Gasteiger partial charge in [0.05, 0.1) is 19.3 Å². The smallest absolute Gasteiger partial charge is 0.184 e. The molecular formula is C25H26O5. The zero-order valence-corrected chi connectivity index (χ0v) is 16.9. The van der Waals surface area contributed by atoms with E-state index in [1.165, 1.54) is 10.8 Å². The highest BCUT2D eigenvalue weighted by atomic mass is 16.7. The fraction of sp³-hybridized carbons (Fsp3) is 0.360. The van der Waals surface area contributed by atoms with Crippen molar-refractivity contribution in [3.8, 4) is 0 Å². The lowest BCUT2D eigenvalue weighted by Gasteiger charge is -2.47. The molecule has 2 heterocycles. The molecule has 0 bridgehead atoms. The van der Waals surface area contributed by atoms with Crippen LogP contribution in [0.1, 0.15) is 24.3 Å². The van der Waals surface area contributed by atoms with Gasteiger partial charge in [-0.2, -0.15) is 0 Å². The maximum atomic E-state index is 10.8. The van der Waals surface area contributed by atoms with Crippen LogP contribution in [0, 0.1) is 0 Å². The molecule has 0 spiro atoms. The van der Waals surface area contributed by atoms with E-state index >= 15 is 0 Å². The summed E-state index contributed by atoms with van der Waals surface area (Å²) in [7, 11) is 0. The minimum atomic E-state index is -0.777. The molecule has 0 aliphatic carbocycles. The standard InChI is InChI=1S/C25H26O5/c1-16-22(26)24(27-14-17-11-12-18-7-5-6-10-20(18)13-17)23-21(29-16)15-28-25(30-23)19-8-3-2-4-9-19/h2-13,16,21-26H,14-15H2,1H3. The van der Waals surface area contributed by atoms with E-state index in [9.17, 15) is 5.11 Å². The van der Waals surface area contributed by atoms with Crippen molar-refractivity contribution in [3.05, 3.63) is 83.9 Å². The van der Waals surface area contributed by atoms with Gasteiger partial charge < -0.3 is 24.1 Å². The van der Waals surface area contributed by atoms with Crippen LogP contribution in [0.3, 0.4) is 0 Å². The second kappa shape index (κ2) is 8.46. The molecule has 6 atom stereocenters. The Kier molecular flexibility index (Phi) is 5.54. The number of benzene rings is 3. The van der Waals surface area contributed by atoms with Crippen LogP contribution in [0.5, 0.6) is 0 Å². The molecule has 5 nitrogen and oxygen atoms in total. The van der Waals surface area contributed by atoms with Crippen LogP contribution in [-0.4, -0.2) is 42.2 Å². The molecule has 3 aromatic carbocycles. The molecule has 156 valence electrons. The largest absolute Gasteiger partial charge is 0.388 e. The van der Waals surface area contributed by atoms with Gasteiger partial charge in [0.1, 0.15) is 24.4 Å². The van der Waals surface area contributed by atoms with Crippen LogP contribution in [0.25, 0.3) is 10.8 Å². The molecule has 5 rings (SSSR count). The Hall–Kier alpha value is -2.28. The molecule has 0 radical (unpaired) electrons. The molecular weight excluding hydrogens is 380 g/mol. The summed E-state index contributed by atoms with van der Waals surface area (Å²) in [6, 6.07) is 24.3. The van der Waals surface area contributed by atoms with Crippen molar-refractivity contribution in [1.82, 2.24) is 0 Å². The number of rotatable bonds is 4. The Morgan fingerprint density at radius 3 is 2.53 bits per heavy atom. The number of hydrogen-bond acceptors (Lipinski definition) is 5. The lowest BCUT2D eigenvalue weighted by Crippen LogP contribution is -2.61. The van der Waals surface area contributed by atoms with E-state index in [0.29, 0.717) is 13.2 Å². The minimum Gasteiger partial charge on any atom is -0.388 e. The first-order chi connectivity index (χ1) is 14.7. The summed E-state index contributed by atoms with van der Waals surface area (Å²) in [4.78, 5) is 0. The van der Waals surface area contributed by atoms with Crippen LogP contribution in [0.2, 0.25) is 0 Å². The first-order valence-corrected chi connectivity index (χ1v) is 10.4. The number of ether oxygens (including phenoxy) is 4. The van der Waals surface area contributed by atoms with Gasteiger partial charge in [-0.15, -0.1) is 0 Å². The third-order valence-electron chi connectivity index (χ3n) is 5.92. The number of aliphatic hydroxyl groups excluding tert-OH is 1. The van der Waals surface area contributed by atoms with E-state index in [4.69, 9.17) is 18.9 Å². The van der Waals surface area contributed by atoms with Crippen molar-refractivity contribution in [2.75, 3.05) is 6.61 Å². The highest BCUT2D eigenvalue weighted by molar-refractivity contribution is 5.82. The topological polar surface area (TPSA) is 57.2 Å². The highest BCUT2D eigenvalue weighted by Crippen LogP contribution is 2.35. The Morgan fingerprint density at radius 2 is 1.70 bits per heavy atom. The molecule has 0 amide bonds. The third-order valence-corrected chi connectivity index (χ3v) is 5.92. The Bertz CT molecular complexity index is 991. The quantitative estimate of drug-likeness (QED) is 0.710. The lowest BCUT2D eigenvalue weighted by atomic mass is 9.94. The predicted octanol–water partition coefficient (Wildman–Crippen LogP) is 3.99. The van der Waals surface area contributed by atoms with E-state index in [1.807, 2.05) is 49.4 Å². The van der Waals surface area contributed by atoms with Crippen molar-refractivity contribution in [1.29, 1.82) is 0 Å². The van der Waals surface area contributed by atoms with Gasteiger partial charge in [-0.3, -0.25) is 0 Å². The third kappa shape index (κ3) is 3.87. The molecule has 2 aliphatic heterocycles. The molecule has 1 N–H and O–H groups in total. The molecule has 2 saturated heterocycles. The van der Waals surface area contributed by atoms with Crippen LogP contribution in [-0.2, 0) is 25.6 Å². The van der Waals surface area contributed by atoms with Crippen molar-refractivity contribution in [2.45, 2.75) is 50.3 Å². The summed E-state index contributed by atoms with van der Waals surface area (Å²) in [6.07, 6.45) is -2.81. The summed E-state index contributed by atoms with van der Waals surface area (Å²) < 4.78 is 24.3. The summed E-state index contributed by atoms with van der Waals surface area (Å²) in [5.41, 5.74) is 2.00. The fourth-order valence-electron chi connectivity index (χ4n) is 4.27. The van der Waals surface area contributed by atoms with Crippen molar-refractivity contribution >= 4 is 10.8 Å². The second-order valence-corrected chi connectivity index (χ2v) is 8.00. The van der Waals surface area contributed by atoms with Crippen LogP contribution >= 0.6 is 0 Å². The van der Waals surface area contributed by atoms with Crippen LogP contribution in [0.15, 0.2) is 72.8 Å². The second-order valence-electron chi connectivity index (χ2n) is 8.00. The summed E-state index contributed by atoms with van der Waals surface area (Å²) in [5, 5.41) is 13.2. The molecule has 6 unspecified atom stereocenters. The summed E-state index contributed by atoms with van der Waals surface area (Å²) in [6.45, 7) is 2.65. The molecule has 30 heavy (non-hydrogen) atoms. The van der Waals surface area contributed by atoms with Gasteiger partial charge in [0.25, 0.3) is 0 Å².